The molecule has 0 spiro atoms. The maximum Gasteiger partial charge on any atom is 0.326 e. The molecule has 8 atom stereocenters. The van der Waals surface area contributed by atoms with Gasteiger partial charge in [0.15, 0.2) is 0 Å². The first-order valence-corrected chi connectivity index (χ1v) is 16.2. The van der Waals surface area contributed by atoms with Gasteiger partial charge in [0, 0.05) is 27.8 Å². The Morgan fingerprint density at radius 1 is 1.09 bits per heavy atom. The number of carboxylic acids is 1. The van der Waals surface area contributed by atoms with Crippen molar-refractivity contribution in [2.24, 2.45) is 23.5 Å². The third-order valence-electron chi connectivity index (χ3n) is 9.44. The number of hydrogen-bond acceptors (Lipinski definition) is 7. The maximum absolute atomic E-state index is 13.9. The van der Waals surface area contributed by atoms with Crippen molar-refractivity contribution >= 4 is 23.7 Å². The van der Waals surface area contributed by atoms with Crippen molar-refractivity contribution in [3.63, 3.8) is 0 Å². The fraction of sp³-hybridized carbons (Fsp3) is 0.706. The minimum atomic E-state index is -1.10. The van der Waals surface area contributed by atoms with Crippen LogP contribution in [-0.4, -0.2) is 103 Å². The molecule has 1 aromatic carbocycles. The van der Waals surface area contributed by atoms with Crippen molar-refractivity contribution in [3.05, 3.63) is 35.9 Å². The average Bonchev–Trinajstić information content (AvgIpc) is 3.51. The Balaban J connectivity index is 2.17. The summed E-state index contributed by atoms with van der Waals surface area (Å²) in [7, 11) is 4.79. The van der Waals surface area contributed by atoms with Gasteiger partial charge in [-0.3, -0.25) is 14.4 Å². The lowest BCUT2D eigenvalue weighted by Crippen LogP contribution is -2.56. The Morgan fingerprint density at radius 3 is 2.27 bits per heavy atom. The zero-order valence-electron chi connectivity index (χ0n) is 28.4. The number of hydrogen-bond donors (Lipinski definition) is 3. The van der Waals surface area contributed by atoms with Crippen LogP contribution in [0.5, 0.6) is 0 Å². The number of benzene rings is 1. The van der Waals surface area contributed by atoms with Gasteiger partial charge >= 0.3 is 5.97 Å². The first-order valence-electron chi connectivity index (χ1n) is 16.2. The number of carboxylic acid groups (broad SMARTS) is 1. The number of carbonyl (C=O) groups excluding carboxylic acids is 3. The summed E-state index contributed by atoms with van der Waals surface area (Å²) in [5.41, 5.74) is 7.20. The van der Waals surface area contributed by atoms with Crippen molar-refractivity contribution in [1.29, 1.82) is 0 Å². The van der Waals surface area contributed by atoms with Gasteiger partial charge in [-0.15, -0.1) is 0 Å². The Morgan fingerprint density at radius 2 is 1.73 bits per heavy atom. The van der Waals surface area contributed by atoms with E-state index in [-0.39, 0.29) is 48.6 Å². The quantitative estimate of drug-likeness (QED) is 0.223. The van der Waals surface area contributed by atoms with E-state index in [1.807, 2.05) is 58.0 Å². The van der Waals surface area contributed by atoms with Gasteiger partial charge in [0.2, 0.25) is 17.7 Å². The van der Waals surface area contributed by atoms with E-state index in [9.17, 15) is 24.3 Å². The first kappa shape index (κ1) is 38.2. The van der Waals surface area contributed by atoms with Crippen LogP contribution in [0.2, 0.25) is 0 Å². The molecular formula is C34H56N4O7. The molecule has 2 rings (SSSR count). The van der Waals surface area contributed by atoms with Crippen molar-refractivity contribution in [2.45, 2.75) is 110 Å². The Bertz CT molecular complexity index is 1100. The molecule has 1 aliphatic rings. The molecule has 254 valence electrons. The molecule has 45 heavy (non-hydrogen) atoms. The molecule has 4 N–H and O–H groups in total. The Kier molecular flexibility index (Phi) is 15.4. The summed E-state index contributed by atoms with van der Waals surface area (Å²) in [6, 6.07) is 7.07. The van der Waals surface area contributed by atoms with Crippen molar-refractivity contribution < 1.29 is 33.8 Å². The number of nitrogens with one attached hydrogen (secondary N) is 1. The SMILES string of the molecule is CC[C@H](C)[C@@H]([C@@H](CC(=O)N1CCC[C@H]1[C@H](OC)[C@@H](C)C(=O)N[C@@H](CCc1ccccc1)C(=O)O)OC)N(C)C(=O)[C@@H](N)C(C)C. The summed E-state index contributed by atoms with van der Waals surface area (Å²) in [6.07, 6.45) is 1.77. The van der Waals surface area contributed by atoms with Gasteiger partial charge in [0.25, 0.3) is 0 Å². The van der Waals surface area contributed by atoms with Crippen molar-refractivity contribution in [1.82, 2.24) is 15.1 Å². The standard InChI is InChI=1S/C34H56N4O7/c1-9-22(4)30(37(6)33(41)29(35)21(2)3)27(44-7)20-28(39)38-19-13-16-26(38)31(45-8)23(5)32(40)36-25(34(42)43)18-17-24-14-11-10-12-15-24/h10-12,14-15,21-23,25-27,29-31H,9,13,16-20,35H2,1-8H3,(H,36,40)(H,42,43)/t22-,23+,25-,26-,27+,29-,30-,31+/m0/s1. The Hall–Kier alpha value is -3.02. The van der Waals surface area contributed by atoms with Gasteiger partial charge in [-0.2, -0.15) is 0 Å². The minimum Gasteiger partial charge on any atom is -0.480 e. The summed E-state index contributed by atoms with van der Waals surface area (Å²) in [6.45, 7) is 10.1. The highest BCUT2D eigenvalue weighted by atomic mass is 16.5. The number of nitrogens with two attached hydrogens (primary N) is 1. The molecule has 1 aromatic rings. The summed E-state index contributed by atoms with van der Waals surface area (Å²) < 4.78 is 11.7. The molecule has 3 amide bonds. The van der Waals surface area contributed by atoms with Crippen LogP contribution in [0.3, 0.4) is 0 Å². The number of ether oxygens (including phenoxy) is 2. The largest absolute Gasteiger partial charge is 0.480 e. The minimum absolute atomic E-state index is 0.0367. The lowest BCUT2D eigenvalue weighted by atomic mass is 9.89. The molecule has 11 nitrogen and oxygen atoms in total. The summed E-state index contributed by atoms with van der Waals surface area (Å²) >= 11 is 0. The van der Waals surface area contributed by atoms with E-state index in [0.717, 1.165) is 18.4 Å². The zero-order valence-corrected chi connectivity index (χ0v) is 28.4. The average molecular weight is 633 g/mol. The highest BCUT2D eigenvalue weighted by Crippen LogP contribution is 2.29. The lowest BCUT2D eigenvalue weighted by molar-refractivity contribution is -0.147. The molecule has 11 heteroatoms. The molecule has 0 unspecified atom stereocenters. The number of likely N-dealkylation sites (tertiary alicyclic amines) is 1. The third kappa shape index (κ3) is 10.2. The summed E-state index contributed by atoms with van der Waals surface area (Å²) in [5.74, 6) is -2.57. The van der Waals surface area contributed by atoms with Gasteiger partial charge in [-0.25, -0.2) is 4.79 Å². The fourth-order valence-corrected chi connectivity index (χ4v) is 6.34. The van der Waals surface area contributed by atoms with Gasteiger partial charge in [0.1, 0.15) is 6.04 Å². The van der Waals surface area contributed by atoms with Gasteiger partial charge in [-0.05, 0) is 43.1 Å². The topological polar surface area (TPSA) is 152 Å². The second kappa shape index (κ2) is 18.2. The summed E-state index contributed by atoms with van der Waals surface area (Å²) in [5, 5.41) is 12.5. The molecule has 0 radical (unpaired) electrons. The van der Waals surface area contributed by atoms with Crippen LogP contribution in [0, 0.1) is 17.8 Å². The van der Waals surface area contributed by atoms with Crippen LogP contribution in [0.25, 0.3) is 0 Å². The first-order chi connectivity index (χ1) is 21.3. The number of nitrogens with zero attached hydrogens (tertiary/aromatic N) is 2. The smallest absolute Gasteiger partial charge is 0.326 e. The molecule has 0 aromatic heterocycles. The second-order valence-electron chi connectivity index (χ2n) is 12.8. The molecule has 0 aliphatic carbocycles. The van der Waals surface area contributed by atoms with Crippen LogP contribution < -0.4 is 11.1 Å². The number of rotatable bonds is 18. The van der Waals surface area contributed by atoms with E-state index < -0.39 is 42.1 Å². The Labute approximate surface area is 269 Å². The molecule has 0 saturated carbocycles. The summed E-state index contributed by atoms with van der Waals surface area (Å²) in [4.78, 5) is 55.8. The predicted octanol–water partition coefficient (Wildman–Crippen LogP) is 3.09. The monoisotopic (exact) mass is 632 g/mol. The molecular weight excluding hydrogens is 576 g/mol. The van der Waals surface area contributed by atoms with E-state index in [1.54, 1.807) is 30.9 Å². The number of aryl methyl sites for hydroxylation is 1. The van der Waals surface area contributed by atoms with E-state index in [2.05, 4.69) is 5.32 Å². The molecule has 1 heterocycles. The van der Waals surface area contributed by atoms with Crippen LogP contribution in [0.15, 0.2) is 30.3 Å². The van der Waals surface area contributed by atoms with E-state index in [4.69, 9.17) is 15.2 Å². The fourth-order valence-electron chi connectivity index (χ4n) is 6.34. The number of carbonyl (C=O) groups is 4. The normalized spacial score (nSPS) is 19.7. The van der Waals surface area contributed by atoms with Gasteiger partial charge < -0.3 is 35.4 Å². The zero-order chi connectivity index (χ0) is 33.8. The van der Waals surface area contributed by atoms with Crippen LogP contribution >= 0.6 is 0 Å². The number of likely N-dealkylation sites (N-methyl/N-ethyl adjacent to an activating group) is 1. The molecule has 0 bridgehead atoms. The highest BCUT2D eigenvalue weighted by molar-refractivity contribution is 5.85. The molecule has 1 aliphatic heterocycles. The number of aliphatic carboxylic acids is 1. The van der Waals surface area contributed by atoms with Crippen molar-refractivity contribution in [2.75, 3.05) is 27.8 Å². The lowest BCUT2D eigenvalue weighted by Gasteiger charge is -2.40. The number of methoxy groups -OCH3 is 2. The molecule has 1 saturated heterocycles. The van der Waals surface area contributed by atoms with Gasteiger partial charge in [-0.1, -0.05) is 71.4 Å². The highest BCUT2D eigenvalue weighted by Gasteiger charge is 2.42. The second-order valence-corrected chi connectivity index (χ2v) is 12.8. The van der Waals surface area contributed by atoms with E-state index in [1.165, 1.54) is 7.11 Å². The molecule has 1 fully saturated rings. The van der Waals surface area contributed by atoms with E-state index >= 15 is 0 Å². The third-order valence-corrected chi connectivity index (χ3v) is 9.44. The maximum atomic E-state index is 13.9. The van der Waals surface area contributed by atoms with E-state index in [0.29, 0.717) is 19.4 Å². The number of amides is 3. The van der Waals surface area contributed by atoms with Gasteiger partial charge in [0.05, 0.1) is 42.7 Å². The van der Waals surface area contributed by atoms with Crippen molar-refractivity contribution in [3.8, 4) is 0 Å². The van der Waals surface area contributed by atoms with Crippen LogP contribution in [0.1, 0.15) is 72.3 Å². The predicted molar refractivity (Wildman–Crippen MR) is 173 cm³/mol. The van der Waals surface area contributed by atoms with Crippen LogP contribution in [-0.2, 0) is 35.1 Å². The van der Waals surface area contributed by atoms with Crippen LogP contribution in [0.4, 0.5) is 0 Å².